The lowest BCUT2D eigenvalue weighted by Crippen LogP contribution is -2.28. The van der Waals surface area contributed by atoms with E-state index in [2.05, 4.69) is 5.10 Å². The molecule has 0 aromatic carbocycles. The standard InChI is InChI=1S/C6H11N3O2/c1-9(6(7)10)8-5-2-3-11-4-5/h2-4H2,1H3,(H2,7,10)/b8-5-. The number of carbonyl (C=O) groups is 1. The fourth-order valence-electron chi connectivity index (χ4n) is 0.792. The summed E-state index contributed by atoms with van der Waals surface area (Å²) >= 11 is 0. The summed E-state index contributed by atoms with van der Waals surface area (Å²) in [5, 5.41) is 5.04. The third-order valence-electron chi connectivity index (χ3n) is 1.41. The average molecular weight is 157 g/mol. The average Bonchev–Trinajstić information content (AvgIpc) is 2.39. The molecule has 1 fully saturated rings. The zero-order valence-corrected chi connectivity index (χ0v) is 6.41. The van der Waals surface area contributed by atoms with Crippen LogP contribution in [-0.4, -0.2) is 37.0 Å². The predicted octanol–water partition coefficient (Wildman–Crippen LogP) is -0.227. The van der Waals surface area contributed by atoms with Gasteiger partial charge in [0.05, 0.1) is 18.9 Å². The number of ether oxygens (including phenoxy) is 1. The Labute approximate surface area is 64.8 Å². The van der Waals surface area contributed by atoms with Crippen LogP contribution in [0.5, 0.6) is 0 Å². The van der Waals surface area contributed by atoms with Crippen molar-refractivity contribution in [3.8, 4) is 0 Å². The van der Waals surface area contributed by atoms with Gasteiger partial charge in [-0.25, -0.2) is 9.80 Å². The van der Waals surface area contributed by atoms with Gasteiger partial charge in [-0.2, -0.15) is 5.10 Å². The van der Waals surface area contributed by atoms with Crippen LogP contribution < -0.4 is 5.73 Å². The molecular weight excluding hydrogens is 146 g/mol. The van der Waals surface area contributed by atoms with E-state index in [1.54, 1.807) is 0 Å². The number of amides is 2. The molecule has 1 heterocycles. The highest BCUT2D eigenvalue weighted by Gasteiger charge is 2.10. The van der Waals surface area contributed by atoms with E-state index >= 15 is 0 Å². The van der Waals surface area contributed by atoms with Crippen LogP contribution in [0.4, 0.5) is 4.79 Å². The summed E-state index contributed by atoms with van der Waals surface area (Å²) in [5.74, 6) is 0. The minimum absolute atomic E-state index is 0.512. The molecule has 62 valence electrons. The van der Waals surface area contributed by atoms with Crippen molar-refractivity contribution in [2.75, 3.05) is 20.3 Å². The van der Waals surface area contributed by atoms with Gasteiger partial charge in [-0.15, -0.1) is 0 Å². The lowest BCUT2D eigenvalue weighted by Gasteiger charge is -2.06. The third kappa shape index (κ3) is 2.19. The monoisotopic (exact) mass is 157 g/mol. The maximum Gasteiger partial charge on any atom is 0.334 e. The smallest absolute Gasteiger partial charge is 0.334 e. The van der Waals surface area contributed by atoms with Crippen molar-refractivity contribution in [2.45, 2.75) is 6.42 Å². The lowest BCUT2D eigenvalue weighted by molar-refractivity contribution is 0.207. The van der Waals surface area contributed by atoms with Crippen molar-refractivity contribution >= 4 is 11.7 Å². The summed E-state index contributed by atoms with van der Waals surface area (Å²) in [7, 11) is 1.52. The molecule has 5 nitrogen and oxygen atoms in total. The van der Waals surface area contributed by atoms with Crippen molar-refractivity contribution < 1.29 is 9.53 Å². The molecule has 0 spiro atoms. The summed E-state index contributed by atoms with van der Waals surface area (Å²) in [6.07, 6.45) is 0.789. The van der Waals surface area contributed by atoms with Crippen molar-refractivity contribution in [1.82, 2.24) is 5.01 Å². The molecule has 11 heavy (non-hydrogen) atoms. The van der Waals surface area contributed by atoms with E-state index in [1.807, 2.05) is 0 Å². The molecule has 0 saturated carbocycles. The molecule has 1 saturated heterocycles. The van der Waals surface area contributed by atoms with Crippen LogP contribution in [0.25, 0.3) is 0 Å². The molecule has 0 aromatic rings. The highest BCUT2D eigenvalue weighted by atomic mass is 16.5. The van der Waals surface area contributed by atoms with Crippen LogP contribution in [0.15, 0.2) is 5.10 Å². The first-order chi connectivity index (χ1) is 5.20. The Morgan fingerprint density at radius 1 is 1.82 bits per heavy atom. The number of hydrazone groups is 1. The summed E-state index contributed by atoms with van der Waals surface area (Å²) in [6, 6.07) is -0.551. The first kappa shape index (κ1) is 8.00. The maximum absolute atomic E-state index is 10.5. The van der Waals surface area contributed by atoms with E-state index in [0.29, 0.717) is 13.2 Å². The summed E-state index contributed by atoms with van der Waals surface area (Å²) < 4.78 is 5.03. The zero-order chi connectivity index (χ0) is 8.27. The molecule has 1 aliphatic heterocycles. The Morgan fingerprint density at radius 2 is 2.55 bits per heavy atom. The van der Waals surface area contributed by atoms with Gasteiger partial charge in [-0.05, 0) is 0 Å². The molecular formula is C6H11N3O2. The van der Waals surface area contributed by atoms with Gasteiger partial charge in [0.1, 0.15) is 0 Å². The largest absolute Gasteiger partial charge is 0.375 e. The van der Waals surface area contributed by atoms with Gasteiger partial charge in [0.25, 0.3) is 0 Å². The number of rotatable bonds is 1. The number of nitrogens with zero attached hydrogens (tertiary/aromatic N) is 2. The zero-order valence-electron chi connectivity index (χ0n) is 6.41. The molecule has 0 bridgehead atoms. The van der Waals surface area contributed by atoms with Crippen molar-refractivity contribution in [3.05, 3.63) is 0 Å². The molecule has 1 aliphatic rings. The van der Waals surface area contributed by atoms with Crippen molar-refractivity contribution in [1.29, 1.82) is 0 Å². The SMILES string of the molecule is CN(/N=C1/CCOC1)C(N)=O. The summed E-state index contributed by atoms with van der Waals surface area (Å²) in [5.41, 5.74) is 5.82. The van der Waals surface area contributed by atoms with Crippen LogP contribution >= 0.6 is 0 Å². The van der Waals surface area contributed by atoms with Crippen LogP contribution in [0.1, 0.15) is 6.42 Å². The lowest BCUT2D eigenvalue weighted by atomic mass is 10.3. The molecule has 0 radical (unpaired) electrons. The third-order valence-corrected chi connectivity index (χ3v) is 1.41. The summed E-state index contributed by atoms with van der Waals surface area (Å²) in [4.78, 5) is 10.5. The topological polar surface area (TPSA) is 67.9 Å². The molecule has 0 atom stereocenters. The van der Waals surface area contributed by atoms with E-state index < -0.39 is 6.03 Å². The molecule has 1 rings (SSSR count). The van der Waals surface area contributed by atoms with E-state index in [-0.39, 0.29) is 0 Å². The fourth-order valence-corrected chi connectivity index (χ4v) is 0.792. The number of carbonyl (C=O) groups excluding carboxylic acids is 1. The predicted molar refractivity (Wildman–Crippen MR) is 40.2 cm³/mol. The maximum atomic E-state index is 10.5. The number of hydrogen-bond acceptors (Lipinski definition) is 3. The highest BCUT2D eigenvalue weighted by Crippen LogP contribution is 2.00. The van der Waals surface area contributed by atoms with E-state index in [1.165, 1.54) is 7.05 Å². The van der Waals surface area contributed by atoms with Crippen LogP contribution in [-0.2, 0) is 4.74 Å². The second-order valence-corrected chi connectivity index (χ2v) is 2.33. The molecule has 0 aromatic heterocycles. The minimum atomic E-state index is -0.551. The molecule has 0 aliphatic carbocycles. The van der Waals surface area contributed by atoms with Gasteiger partial charge in [0.15, 0.2) is 0 Å². The quantitative estimate of drug-likeness (QED) is 0.534. The second kappa shape index (κ2) is 3.34. The van der Waals surface area contributed by atoms with Gasteiger partial charge in [-0.3, -0.25) is 0 Å². The number of hydrogen-bond donors (Lipinski definition) is 1. The normalized spacial score (nSPS) is 20.6. The van der Waals surface area contributed by atoms with Crippen LogP contribution in [0, 0.1) is 0 Å². The molecule has 2 amide bonds. The Kier molecular flexibility index (Phi) is 2.43. The Balaban J connectivity index is 2.49. The van der Waals surface area contributed by atoms with Crippen molar-refractivity contribution in [3.63, 3.8) is 0 Å². The van der Waals surface area contributed by atoms with Crippen LogP contribution in [0.3, 0.4) is 0 Å². The molecule has 2 N–H and O–H groups in total. The Bertz CT molecular complexity index is 182. The van der Waals surface area contributed by atoms with Gasteiger partial charge >= 0.3 is 6.03 Å². The van der Waals surface area contributed by atoms with E-state index in [0.717, 1.165) is 17.1 Å². The number of nitrogens with two attached hydrogens (primary N) is 1. The van der Waals surface area contributed by atoms with Gasteiger partial charge in [0.2, 0.25) is 0 Å². The number of urea groups is 1. The van der Waals surface area contributed by atoms with E-state index in [9.17, 15) is 4.79 Å². The Hall–Kier alpha value is -1.10. The first-order valence-electron chi connectivity index (χ1n) is 3.37. The van der Waals surface area contributed by atoms with Crippen LogP contribution in [0.2, 0.25) is 0 Å². The van der Waals surface area contributed by atoms with Gasteiger partial charge in [-0.1, -0.05) is 0 Å². The molecule has 5 heteroatoms. The second-order valence-electron chi connectivity index (χ2n) is 2.33. The van der Waals surface area contributed by atoms with E-state index in [4.69, 9.17) is 10.5 Å². The highest BCUT2D eigenvalue weighted by molar-refractivity contribution is 5.88. The summed E-state index contributed by atoms with van der Waals surface area (Å²) in [6.45, 7) is 1.20. The van der Waals surface area contributed by atoms with Crippen molar-refractivity contribution in [2.24, 2.45) is 10.8 Å². The first-order valence-corrected chi connectivity index (χ1v) is 3.37. The minimum Gasteiger partial charge on any atom is -0.375 e. The van der Waals surface area contributed by atoms with Gasteiger partial charge in [0, 0.05) is 13.5 Å². The fraction of sp³-hybridized carbons (Fsp3) is 0.667. The number of primary amides is 1. The Morgan fingerprint density at radius 3 is 3.00 bits per heavy atom. The molecule has 0 unspecified atom stereocenters. The van der Waals surface area contributed by atoms with Gasteiger partial charge < -0.3 is 10.5 Å².